The second-order valence-corrected chi connectivity index (χ2v) is 1.70. The molecule has 0 aliphatic heterocycles. The van der Waals surface area contributed by atoms with Gasteiger partial charge in [0.2, 0.25) is 0 Å². The number of nitrogens with zero attached hydrogens (tertiary/aromatic N) is 1. The van der Waals surface area contributed by atoms with Crippen LogP contribution in [-0.4, -0.2) is 11.8 Å². The van der Waals surface area contributed by atoms with Crippen LogP contribution in [0.4, 0.5) is 0 Å². The zero-order valence-corrected chi connectivity index (χ0v) is 7.55. The molecule has 64 valence electrons. The van der Waals surface area contributed by atoms with E-state index in [9.17, 15) is 0 Å². The summed E-state index contributed by atoms with van der Waals surface area (Å²) in [4.78, 5) is 0. The van der Waals surface area contributed by atoms with Gasteiger partial charge in [0, 0.05) is 0 Å². The van der Waals surface area contributed by atoms with E-state index in [-0.39, 0.29) is 0 Å². The van der Waals surface area contributed by atoms with Crippen LogP contribution in [0.1, 0.15) is 26.5 Å². The molecule has 1 aromatic rings. The molecule has 3 heteroatoms. The highest BCUT2D eigenvalue weighted by molar-refractivity contribution is 5.19. The lowest BCUT2D eigenvalue weighted by atomic mass is 10.4. The number of rotatable bonds is 2. The smallest absolute Gasteiger partial charge is 0.181 e. The maximum atomic E-state index is 5.12. The predicted molar refractivity (Wildman–Crippen MR) is 43.8 cm³/mol. The highest BCUT2D eigenvalue weighted by atomic mass is 16.5. The van der Waals surface area contributed by atoms with Crippen LogP contribution >= 0.6 is 0 Å². The van der Waals surface area contributed by atoms with Gasteiger partial charge in [0.1, 0.15) is 5.69 Å². The van der Waals surface area contributed by atoms with E-state index in [2.05, 4.69) is 9.68 Å². The maximum Gasteiger partial charge on any atom is 0.181 e. The summed E-state index contributed by atoms with van der Waals surface area (Å²) in [5.41, 5.74) is 0.803. The van der Waals surface area contributed by atoms with Crippen molar-refractivity contribution >= 4 is 0 Å². The molecule has 1 heterocycles. The van der Waals surface area contributed by atoms with Gasteiger partial charge >= 0.3 is 0 Å². The Kier molecular flexibility index (Phi) is 5.25. The lowest BCUT2D eigenvalue weighted by Gasteiger charge is -1.95. The van der Waals surface area contributed by atoms with E-state index in [0.717, 1.165) is 11.4 Å². The largest absolute Gasteiger partial charge is 0.489 e. The Labute approximate surface area is 67.3 Å². The van der Waals surface area contributed by atoms with E-state index >= 15 is 0 Å². The molecule has 0 fully saturated rings. The van der Waals surface area contributed by atoms with Gasteiger partial charge < -0.3 is 9.26 Å². The number of hydrogen-bond acceptors (Lipinski definition) is 3. The molecule has 11 heavy (non-hydrogen) atoms. The van der Waals surface area contributed by atoms with Gasteiger partial charge in [-0.15, -0.1) is 0 Å². The molecule has 0 amide bonds. The fraction of sp³-hybridized carbons (Fsp3) is 0.625. The monoisotopic (exact) mass is 157 g/mol. The molecule has 0 aliphatic rings. The fourth-order valence-corrected chi connectivity index (χ4v) is 0.578. The average Bonchev–Trinajstić information content (AvgIpc) is 2.42. The van der Waals surface area contributed by atoms with Gasteiger partial charge in [-0.3, -0.25) is 0 Å². The molecule has 0 saturated carbocycles. The van der Waals surface area contributed by atoms with Crippen LogP contribution in [0.2, 0.25) is 0 Å². The Morgan fingerprint density at radius 3 is 2.55 bits per heavy atom. The van der Waals surface area contributed by atoms with Gasteiger partial charge in [-0.25, -0.2) is 0 Å². The molecule has 0 saturated heterocycles. The van der Waals surface area contributed by atoms with Gasteiger partial charge in [0.05, 0.1) is 6.61 Å². The predicted octanol–water partition coefficient (Wildman–Crippen LogP) is 2.41. The Morgan fingerprint density at radius 1 is 1.55 bits per heavy atom. The van der Waals surface area contributed by atoms with Gasteiger partial charge in [-0.1, -0.05) is 19.0 Å². The van der Waals surface area contributed by atoms with E-state index in [4.69, 9.17) is 4.74 Å². The molecule has 0 bridgehead atoms. The summed E-state index contributed by atoms with van der Waals surface area (Å²) >= 11 is 0. The van der Waals surface area contributed by atoms with Crippen LogP contribution in [0.5, 0.6) is 5.75 Å². The molecule has 1 rings (SSSR count). The van der Waals surface area contributed by atoms with Crippen molar-refractivity contribution in [3.8, 4) is 5.75 Å². The van der Waals surface area contributed by atoms with Gasteiger partial charge in [0.25, 0.3) is 0 Å². The number of aromatic nitrogens is 1. The van der Waals surface area contributed by atoms with Crippen molar-refractivity contribution in [2.45, 2.75) is 27.7 Å². The second-order valence-electron chi connectivity index (χ2n) is 1.70. The molecule has 0 aromatic carbocycles. The summed E-state index contributed by atoms with van der Waals surface area (Å²) in [5.74, 6) is 0.734. The van der Waals surface area contributed by atoms with Crippen molar-refractivity contribution in [3.05, 3.63) is 12.0 Å². The van der Waals surface area contributed by atoms with Crippen LogP contribution in [0, 0.1) is 6.92 Å². The number of hydrogen-bond donors (Lipinski definition) is 0. The normalized spacial score (nSPS) is 8.36. The lowest BCUT2D eigenvalue weighted by molar-refractivity contribution is 0.332. The van der Waals surface area contributed by atoms with Crippen LogP contribution in [0.25, 0.3) is 0 Å². The summed E-state index contributed by atoms with van der Waals surface area (Å²) in [7, 11) is 0. The number of aryl methyl sites for hydroxylation is 1. The van der Waals surface area contributed by atoms with Gasteiger partial charge in [0.15, 0.2) is 12.0 Å². The van der Waals surface area contributed by atoms with Crippen molar-refractivity contribution in [2.75, 3.05) is 6.61 Å². The first kappa shape index (κ1) is 10.0. The molecule has 1 aromatic heterocycles. The summed E-state index contributed by atoms with van der Waals surface area (Å²) in [6.07, 6.45) is 1.50. The van der Waals surface area contributed by atoms with Crippen LogP contribution < -0.4 is 4.74 Å². The van der Waals surface area contributed by atoms with E-state index < -0.39 is 0 Å². The Hall–Kier alpha value is -0.990. The molecule has 0 spiro atoms. The van der Waals surface area contributed by atoms with Crippen molar-refractivity contribution in [1.82, 2.24) is 5.16 Å². The molecular weight excluding hydrogens is 142 g/mol. The number of ether oxygens (including phenoxy) is 1. The van der Waals surface area contributed by atoms with Crippen molar-refractivity contribution in [3.63, 3.8) is 0 Å². The Balaban J connectivity index is 0.000000461. The van der Waals surface area contributed by atoms with E-state index in [0.29, 0.717) is 6.61 Å². The molecule has 0 unspecified atom stereocenters. The minimum atomic E-state index is 0.655. The molecule has 0 radical (unpaired) electrons. The van der Waals surface area contributed by atoms with E-state index in [1.165, 1.54) is 6.26 Å². The van der Waals surface area contributed by atoms with Crippen molar-refractivity contribution < 1.29 is 9.26 Å². The van der Waals surface area contributed by atoms with Crippen LogP contribution in [-0.2, 0) is 0 Å². The summed E-state index contributed by atoms with van der Waals surface area (Å²) in [6, 6.07) is 0. The summed E-state index contributed by atoms with van der Waals surface area (Å²) in [5, 5.41) is 3.64. The van der Waals surface area contributed by atoms with Crippen molar-refractivity contribution in [2.24, 2.45) is 0 Å². The van der Waals surface area contributed by atoms with Gasteiger partial charge in [-0.2, -0.15) is 0 Å². The summed E-state index contributed by atoms with van der Waals surface area (Å²) < 4.78 is 9.74. The SMILES string of the molecule is CC.CCOc1conc1C. The third-order valence-electron chi connectivity index (χ3n) is 1.01. The van der Waals surface area contributed by atoms with E-state index in [1.807, 2.05) is 27.7 Å². The molecule has 0 atom stereocenters. The molecule has 3 nitrogen and oxygen atoms in total. The first-order valence-electron chi connectivity index (χ1n) is 3.88. The highest BCUT2D eigenvalue weighted by Crippen LogP contribution is 2.13. The zero-order chi connectivity index (χ0) is 8.69. The van der Waals surface area contributed by atoms with Crippen LogP contribution in [0.15, 0.2) is 10.8 Å². The summed E-state index contributed by atoms with van der Waals surface area (Å²) in [6.45, 7) is 8.42. The minimum absolute atomic E-state index is 0.655. The Bertz CT molecular complexity index is 184. The quantitative estimate of drug-likeness (QED) is 0.661. The first-order valence-corrected chi connectivity index (χ1v) is 3.88. The standard InChI is InChI=1S/C6H9NO2.C2H6/c1-3-8-6-4-9-7-5(6)2;1-2/h4H,3H2,1-2H3;1-2H3. The zero-order valence-electron chi connectivity index (χ0n) is 7.55. The Morgan fingerprint density at radius 2 is 2.18 bits per heavy atom. The minimum Gasteiger partial charge on any atom is -0.489 e. The van der Waals surface area contributed by atoms with Crippen molar-refractivity contribution in [1.29, 1.82) is 0 Å². The molecule has 0 N–H and O–H groups in total. The molecule has 0 aliphatic carbocycles. The third-order valence-corrected chi connectivity index (χ3v) is 1.01. The average molecular weight is 157 g/mol. The highest BCUT2D eigenvalue weighted by Gasteiger charge is 1.99. The topological polar surface area (TPSA) is 35.3 Å². The maximum absolute atomic E-state index is 5.12. The third kappa shape index (κ3) is 3.07. The van der Waals surface area contributed by atoms with E-state index in [1.54, 1.807) is 0 Å². The van der Waals surface area contributed by atoms with Gasteiger partial charge in [-0.05, 0) is 13.8 Å². The second kappa shape index (κ2) is 5.77. The lowest BCUT2D eigenvalue weighted by Crippen LogP contribution is -1.90. The fourth-order valence-electron chi connectivity index (χ4n) is 0.578. The first-order chi connectivity index (χ1) is 5.34. The van der Waals surface area contributed by atoms with Crippen LogP contribution in [0.3, 0.4) is 0 Å². The molecular formula is C8H15NO2.